The Balaban J connectivity index is 1.57. The highest BCUT2D eigenvalue weighted by Crippen LogP contribution is 2.59. The highest BCUT2D eigenvalue weighted by molar-refractivity contribution is 6.03. The smallest absolute Gasteiger partial charge is 0.249 e. The number of ether oxygens (including phenoxy) is 1. The molecule has 3 amide bonds. The molecule has 0 radical (unpaired) electrons. The summed E-state index contributed by atoms with van der Waals surface area (Å²) in [5, 5.41) is 10.5. The summed E-state index contributed by atoms with van der Waals surface area (Å²) < 4.78 is 6.68. The number of para-hydroxylation sites is 1. The minimum Gasteiger partial charge on any atom is -0.394 e. The van der Waals surface area contributed by atoms with Gasteiger partial charge in [-0.15, -0.1) is 13.2 Å². The molecule has 3 aliphatic rings. The number of aliphatic hydroxyl groups excluding tert-OH is 1. The van der Waals surface area contributed by atoms with Crippen molar-refractivity contribution in [1.82, 2.24) is 9.80 Å². The Morgan fingerprint density at radius 3 is 2.29 bits per heavy atom. The summed E-state index contributed by atoms with van der Waals surface area (Å²) in [6, 6.07) is 17.4. The van der Waals surface area contributed by atoms with Gasteiger partial charge in [-0.1, -0.05) is 74.5 Å². The lowest BCUT2D eigenvalue weighted by Crippen LogP contribution is -2.59. The molecule has 1 spiro atoms. The van der Waals surface area contributed by atoms with E-state index < -0.39 is 35.6 Å². The summed E-state index contributed by atoms with van der Waals surface area (Å²) in [5.41, 5.74) is 0.506. The topological polar surface area (TPSA) is 90.4 Å². The number of carbonyl (C=O) groups is 3. The molecule has 0 saturated carbocycles. The number of amides is 3. The molecule has 1 N–H and O–H groups in total. The summed E-state index contributed by atoms with van der Waals surface area (Å²) >= 11 is 0. The van der Waals surface area contributed by atoms with Crippen LogP contribution in [-0.4, -0.2) is 76.1 Å². The molecule has 3 saturated heterocycles. The molecule has 5 rings (SSSR count). The molecule has 2 aromatic carbocycles. The molecule has 2 aromatic rings. The second-order valence-electron chi connectivity index (χ2n) is 11.9. The first-order valence-electron chi connectivity index (χ1n) is 14.8. The van der Waals surface area contributed by atoms with Crippen molar-refractivity contribution in [1.29, 1.82) is 0 Å². The van der Waals surface area contributed by atoms with Crippen LogP contribution in [0.4, 0.5) is 5.69 Å². The van der Waals surface area contributed by atoms with Crippen LogP contribution in [0.5, 0.6) is 0 Å². The highest BCUT2D eigenvalue weighted by Gasteiger charge is 2.75. The van der Waals surface area contributed by atoms with Crippen molar-refractivity contribution in [3.63, 3.8) is 0 Å². The van der Waals surface area contributed by atoms with Crippen LogP contribution >= 0.6 is 0 Å². The zero-order valence-electron chi connectivity index (χ0n) is 24.5. The van der Waals surface area contributed by atoms with Gasteiger partial charge in [-0.2, -0.15) is 0 Å². The SMILES string of the molecule is C=CCN(Cc1ccccc1)C(=O)C1N([C@@H](CO)C(C)C)C(=O)[C@@H]2[C@H](C(=O)N(CC=C)c3ccccc3)[C@@H]3CCC12O3. The number of hydrogen-bond acceptors (Lipinski definition) is 5. The molecule has 222 valence electrons. The maximum absolute atomic E-state index is 14.6. The number of fused-ring (bicyclic) bond motifs is 1. The number of hydrogen-bond donors (Lipinski definition) is 1. The number of nitrogens with zero attached hydrogens (tertiary/aromatic N) is 3. The van der Waals surface area contributed by atoms with Crippen LogP contribution < -0.4 is 4.90 Å². The monoisotopic (exact) mass is 571 g/mol. The van der Waals surface area contributed by atoms with Gasteiger partial charge in [-0.3, -0.25) is 14.4 Å². The van der Waals surface area contributed by atoms with Gasteiger partial charge in [0.05, 0.1) is 30.6 Å². The van der Waals surface area contributed by atoms with E-state index in [0.717, 1.165) is 5.56 Å². The van der Waals surface area contributed by atoms with E-state index in [-0.39, 0.29) is 43.3 Å². The molecule has 0 aromatic heterocycles. The normalized spacial score (nSPS) is 26.7. The van der Waals surface area contributed by atoms with E-state index in [2.05, 4.69) is 13.2 Å². The molecular weight excluding hydrogens is 530 g/mol. The maximum Gasteiger partial charge on any atom is 0.249 e. The number of carbonyl (C=O) groups excluding carboxylic acids is 3. The van der Waals surface area contributed by atoms with Crippen LogP contribution in [0.3, 0.4) is 0 Å². The lowest BCUT2D eigenvalue weighted by molar-refractivity contribution is -0.152. The van der Waals surface area contributed by atoms with Crippen molar-refractivity contribution < 1.29 is 24.2 Å². The predicted octanol–water partition coefficient (Wildman–Crippen LogP) is 3.81. The first-order valence-corrected chi connectivity index (χ1v) is 14.8. The van der Waals surface area contributed by atoms with Gasteiger partial charge in [0.2, 0.25) is 17.7 Å². The Kier molecular flexibility index (Phi) is 8.66. The van der Waals surface area contributed by atoms with E-state index in [0.29, 0.717) is 25.1 Å². The van der Waals surface area contributed by atoms with E-state index in [1.807, 2.05) is 74.5 Å². The average Bonchev–Trinajstić information content (AvgIpc) is 3.64. The minimum atomic E-state index is -1.16. The molecule has 6 atom stereocenters. The maximum atomic E-state index is 14.6. The van der Waals surface area contributed by atoms with Crippen LogP contribution in [0, 0.1) is 17.8 Å². The van der Waals surface area contributed by atoms with Crippen molar-refractivity contribution >= 4 is 23.4 Å². The minimum absolute atomic E-state index is 0.126. The first-order chi connectivity index (χ1) is 20.3. The third kappa shape index (κ3) is 4.96. The fourth-order valence-corrected chi connectivity index (χ4v) is 7.23. The first kappa shape index (κ1) is 29.7. The Hall–Kier alpha value is -3.75. The molecule has 8 nitrogen and oxygen atoms in total. The third-order valence-electron chi connectivity index (χ3n) is 9.09. The zero-order chi connectivity index (χ0) is 30.0. The van der Waals surface area contributed by atoms with Crippen LogP contribution in [-0.2, 0) is 25.7 Å². The van der Waals surface area contributed by atoms with E-state index in [9.17, 15) is 19.5 Å². The predicted molar refractivity (Wildman–Crippen MR) is 161 cm³/mol. The Morgan fingerprint density at radius 1 is 1.05 bits per heavy atom. The highest BCUT2D eigenvalue weighted by atomic mass is 16.5. The number of aliphatic hydroxyl groups is 1. The summed E-state index contributed by atoms with van der Waals surface area (Å²) in [5.74, 6) is -2.47. The number of likely N-dealkylation sites (tertiary alicyclic amines) is 1. The van der Waals surface area contributed by atoms with Crippen molar-refractivity contribution in [2.75, 3.05) is 24.6 Å². The van der Waals surface area contributed by atoms with Gasteiger partial charge in [0.15, 0.2) is 0 Å². The standard InChI is InChI=1S/C34H41N3O5/c1-5-19-35(21-24-13-9-7-10-14-24)33(41)30-34-18-17-27(42-34)28(29(34)32(40)37(30)26(22-38)23(3)4)31(39)36(20-6-2)25-15-11-8-12-16-25/h5-16,23,26-30,38H,1-2,17-22H2,3-4H3/t26-,27-,28+,29-,30?,34?/m0/s1. The van der Waals surface area contributed by atoms with Gasteiger partial charge >= 0.3 is 0 Å². The molecule has 3 heterocycles. The van der Waals surface area contributed by atoms with Crippen molar-refractivity contribution in [2.45, 2.75) is 57.0 Å². The lowest BCUT2D eigenvalue weighted by Gasteiger charge is -2.40. The van der Waals surface area contributed by atoms with E-state index in [1.54, 1.807) is 26.9 Å². The van der Waals surface area contributed by atoms with Crippen molar-refractivity contribution in [3.8, 4) is 0 Å². The van der Waals surface area contributed by atoms with Gasteiger partial charge in [0.1, 0.15) is 11.6 Å². The molecule has 42 heavy (non-hydrogen) atoms. The summed E-state index contributed by atoms with van der Waals surface area (Å²) in [7, 11) is 0. The molecule has 8 heteroatoms. The zero-order valence-corrected chi connectivity index (χ0v) is 24.5. The quantitative estimate of drug-likeness (QED) is 0.392. The summed E-state index contributed by atoms with van der Waals surface area (Å²) in [6.07, 6.45) is 3.92. The van der Waals surface area contributed by atoms with Crippen molar-refractivity contribution in [2.24, 2.45) is 17.8 Å². The Bertz CT molecular complexity index is 1310. The second kappa shape index (κ2) is 12.2. The summed E-state index contributed by atoms with van der Waals surface area (Å²) in [4.78, 5) is 48.3. The van der Waals surface area contributed by atoms with E-state index >= 15 is 0 Å². The van der Waals surface area contributed by atoms with Crippen LogP contribution in [0.2, 0.25) is 0 Å². The fourth-order valence-electron chi connectivity index (χ4n) is 7.23. The van der Waals surface area contributed by atoms with E-state index in [1.165, 1.54) is 0 Å². The molecule has 3 fully saturated rings. The second-order valence-corrected chi connectivity index (χ2v) is 11.9. The van der Waals surface area contributed by atoms with Gasteiger partial charge in [-0.05, 0) is 36.5 Å². The number of benzene rings is 2. The molecule has 2 unspecified atom stereocenters. The third-order valence-corrected chi connectivity index (χ3v) is 9.09. The van der Waals surface area contributed by atoms with Crippen molar-refractivity contribution in [3.05, 3.63) is 91.5 Å². The Labute approximate surface area is 248 Å². The molecule has 2 bridgehead atoms. The lowest BCUT2D eigenvalue weighted by atomic mass is 9.70. The van der Waals surface area contributed by atoms with E-state index in [4.69, 9.17) is 4.74 Å². The fraction of sp³-hybridized carbons (Fsp3) is 0.441. The number of anilines is 1. The average molecular weight is 572 g/mol. The Morgan fingerprint density at radius 2 is 1.69 bits per heavy atom. The van der Waals surface area contributed by atoms with Gasteiger partial charge in [-0.25, -0.2) is 0 Å². The van der Waals surface area contributed by atoms with Gasteiger partial charge in [0, 0.05) is 25.3 Å². The molecule has 0 aliphatic carbocycles. The van der Waals surface area contributed by atoms with Crippen LogP contribution in [0.25, 0.3) is 0 Å². The van der Waals surface area contributed by atoms with Gasteiger partial charge in [0.25, 0.3) is 0 Å². The number of rotatable bonds is 12. The largest absolute Gasteiger partial charge is 0.394 e. The summed E-state index contributed by atoms with van der Waals surface area (Å²) in [6.45, 7) is 12.2. The molecule has 3 aliphatic heterocycles. The van der Waals surface area contributed by atoms with Gasteiger partial charge < -0.3 is 24.5 Å². The van der Waals surface area contributed by atoms with Crippen LogP contribution in [0.1, 0.15) is 32.3 Å². The molecular formula is C34H41N3O5. The van der Waals surface area contributed by atoms with Crippen LogP contribution in [0.15, 0.2) is 86.0 Å².